The summed E-state index contributed by atoms with van der Waals surface area (Å²) in [6.45, 7) is 2.22. The number of hydrogen-bond acceptors (Lipinski definition) is 1. The summed E-state index contributed by atoms with van der Waals surface area (Å²) in [4.78, 5) is 12.2. The quantitative estimate of drug-likeness (QED) is 0.676. The van der Waals surface area contributed by atoms with Crippen molar-refractivity contribution in [1.82, 2.24) is 0 Å². The predicted molar refractivity (Wildman–Crippen MR) is 76.8 cm³/mol. The molecule has 0 amide bonds. The van der Waals surface area contributed by atoms with Gasteiger partial charge in [0.15, 0.2) is 0 Å². The Morgan fingerprint density at radius 1 is 1.21 bits per heavy atom. The van der Waals surface area contributed by atoms with E-state index < -0.39 is 0 Å². The molecule has 4 rings (SSSR count). The van der Waals surface area contributed by atoms with Crippen LogP contribution in [0.1, 0.15) is 49.7 Å². The Morgan fingerprint density at radius 3 is 2.95 bits per heavy atom. The van der Waals surface area contributed by atoms with Gasteiger partial charge in [-0.15, -0.1) is 0 Å². The molecule has 4 unspecified atom stereocenters. The van der Waals surface area contributed by atoms with Crippen molar-refractivity contribution >= 4 is 11.9 Å². The average molecular weight is 252 g/mol. The van der Waals surface area contributed by atoms with E-state index >= 15 is 0 Å². The fourth-order valence-corrected chi connectivity index (χ4v) is 4.81. The maximum Gasteiger partial charge on any atom is 0.139 e. The number of rotatable bonds is 0. The zero-order chi connectivity index (χ0) is 13.0. The van der Waals surface area contributed by atoms with Crippen molar-refractivity contribution in [3.05, 3.63) is 41.5 Å². The van der Waals surface area contributed by atoms with Crippen LogP contribution in [0, 0.1) is 17.3 Å². The Bertz CT molecular complexity index is 571. The van der Waals surface area contributed by atoms with Gasteiger partial charge in [-0.25, -0.2) is 0 Å². The lowest BCUT2D eigenvalue weighted by Gasteiger charge is -2.46. The smallest absolute Gasteiger partial charge is 0.139 e. The van der Waals surface area contributed by atoms with Gasteiger partial charge in [0.1, 0.15) is 5.78 Å². The topological polar surface area (TPSA) is 17.1 Å². The minimum absolute atomic E-state index is 0.0300. The van der Waals surface area contributed by atoms with Crippen molar-refractivity contribution in [3.63, 3.8) is 0 Å². The molecule has 19 heavy (non-hydrogen) atoms. The lowest BCUT2D eigenvalue weighted by molar-refractivity contribution is -0.128. The molecule has 2 fully saturated rings. The molecule has 0 heterocycles. The van der Waals surface area contributed by atoms with Gasteiger partial charge in [-0.05, 0) is 48.1 Å². The standard InChI is InChI=1S/C18H20O/c1-18-11-10-14-13-5-3-2-4-12(13)6-7-15(14)16(18)8-9-17(18)19/h2-7,14-16H,8-11H2,1H3. The van der Waals surface area contributed by atoms with Crippen molar-refractivity contribution in [1.29, 1.82) is 0 Å². The largest absolute Gasteiger partial charge is 0.299 e. The third kappa shape index (κ3) is 1.45. The molecule has 0 radical (unpaired) electrons. The molecule has 98 valence electrons. The lowest BCUT2D eigenvalue weighted by Crippen LogP contribution is -2.40. The van der Waals surface area contributed by atoms with Gasteiger partial charge in [0.25, 0.3) is 0 Å². The molecule has 0 spiro atoms. The van der Waals surface area contributed by atoms with E-state index in [0.717, 1.165) is 19.3 Å². The van der Waals surface area contributed by atoms with Gasteiger partial charge in [0, 0.05) is 11.8 Å². The van der Waals surface area contributed by atoms with Gasteiger partial charge in [-0.3, -0.25) is 4.79 Å². The lowest BCUT2D eigenvalue weighted by atomic mass is 9.57. The molecule has 1 heteroatoms. The van der Waals surface area contributed by atoms with E-state index in [2.05, 4.69) is 43.3 Å². The summed E-state index contributed by atoms with van der Waals surface area (Å²) in [6, 6.07) is 8.78. The molecular formula is C18H20O. The van der Waals surface area contributed by atoms with Crippen molar-refractivity contribution in [2.75, 3.05) is 0 Å². The molecule has 1 aromatic carbocycles. The number of hydrogen-bond donors (Lipinski definition) is 0. The Balaban J connectivity index is 1.78. The van der Waals surface area contributed by atoms with Crippen LogP contribution < -0.4 is 0 Å². The normalized spacial score (nSPS) is 39.6. The fourth-order valence-electron chi connectivity index (χ4n) is 4.81. The molecule has 0 aliphatic heterocycles. The zero-order valence-corrected chi connectivity index (χ0v) is 11.4. The molecule has 1 aromatic rings. The first kappa shape index (κ1) is 11.5. The summed E-state index contributed by atoms with van der Waals surface area (Å²) < 4.78 is 0. The second-order valence-corrected chi connectivity index (χ2v) is 6.70. The number of allylic oxidation sites excluding steroid dienone is 1. The maximum absolute atomic E-state index is 12.2. The van der Waals surface area contributed by atoms with Crippen molar-refractivity contribution < 1.29 is 4.79 Å². The Kier molecular flexibility index (Phi) is 2.30. The number of fused-ring (bicyclic) bond motifs is 5. The van der Waals surface area contributed by atoms with Gasteiger partial charge in [-0.1, -0.05) is 43.3 Å². The summed E-state index contributed by atoms with van der Waals surface area (Å²) in [7, 11) is 0. The minimum atomic E-state index is -0.0300. The van der Waals surface area contributed by atoms with Crippen LogP contribution in [0.25, 0.3) is 6.08 Å². The summed E-state index contributed by atoms with van der Waals surface area (Å²) in [6.07, 6.45) is 8.84. The SMILES string of the molecule is CC12CCC3c4ccccc4C=CC3C1CCC2=O. The molecular weight excluding hydrogens is 232 g/mol. The van der Waals surface area contributed by atoms with E-state index in [1.165, 1.54) is 17.5 Å². The first-order chi connectivity index (χ1) is 9.20. The molecule has 3 aliphatic carbocycles. The molecule has 0 aromatic heterocycles. The van der Waals surface area contributed by atoms with Crippen LogP contribution in [0.3, 0.4) is 0 Å². The molecule has 4 atom stereocenters. The van der Waals surface area contributed by atoms with Crippen LogP contribution >= 0.6 is 0 Å². The maximum atomic E-state index is 12.2. The van der Waals surface area contributed by atoms with Gasteiger partial charge in [0.05, 0.1) is 0 Å². The highest BCUT2D eigenvalue weighted by Gasteiger charge is 2.53. The summed E-state index contributed by atoms with van der Waals surface area (Å²) in [5.41, 5.74) is 2.87. The first-order valence-corrected chi connectivity index (χ1v) is 7.50. The molecule has 0 bridgehead atoms. The van der Waals surface area contributed by atoms with Crippen molar-refractivity contribution in [2.24, 2.45) is 17.3 Å². The van der Waals surface area contributed by atoms with Crippen LogP contribution in [0.15, 0.2) is 30.3 Å². The first-order valence-electron chi connectivity index (χ1n) is 7.50. The summed E-state index contributed by atoms with van der Waals surface area (Å²) in [5, 5.41) is 0. The Morgan fingerprint density at radius 2 is 2.05 bits per heavy atom. The average Bonchev–Trinajstić information content (AvgIpc) is 2.75. The molecule has 1 nitrogen and oxygen atoms in total. The van der Waals surface area contributed by atoms with E-state index in [0.29, 0.717) is 23.5 Å². The van der Waals surface area contributed by atoms with Gasteiger partial charge in [0.2, 0.25) is 0 Å². The Hall–Kier alpha value is -1.37. The van der Waals surface area contributed by atoms with Crippen LogP contribution in [-0.2, 0) is 4.79 Å². The third-order valence-corrected chi connectivity index (χ3v) is 5.94. The number of ketones is 1. The second kappa shape index (κ2) is 3.82. The monoisotopic (exact) mass is 252 g/mol. The fraction of sp³-hybridized carbons (Fsp3) is 0.500. The third-order valence-electron chi connectivity index (χ3n) is 5.94. The summed E-state index contributed by atoms with van der Waals surface area (Å²) >= 11 is 0. The van der Waals surface area contributed by atoms with Gasteiger partial charge < -0.3 is 0 Å². The highest BCUT2D eigenvalue weighted by Crippen LogP contribution is 2.58. The highest BCUT2D eigenvalue weighted by atomic mass is 16.1. The minimum Gasteiger partial charge on any atom is -0.299 e. The van der Waals surface area contributed by atoms with E-state index in [1.54, 1.807) is 0 Å². The van der Waals surface area contributed by atoms with Gasteiger partial charge in [-0.2, -0.15) is 0 Å². The molecule has 0 saturated heterocycles. The van der Waals surface area contributed by atoms with Crippen LogP contribution in [0.2, 0.25) is 0 Å². The molecule has 3 aliphatic rings. The van der Waals surface area contributed by atoms with Gasteiger partial charge >= 0.3 is 0 Å². The second-order valence-electron chi connectivity index (χ2n) is 6.70. The zero-order valence-electron chi connectivity index (χ0n) is 11.4. The molecule has 2 saturated carbocycles. The van der Waals surface area contributed by atoms with E-state index in [9.17, 15) is 4.79 Å². The van der Waals surface area contributed by atoms with E-state index in [4.69, 9.17) is 0 Å². The van der Waals surface area contributed by atoms with E-state index in [-0.39, 0.29) is 5.41 Å². The predicted octanol–water partition coefficient (Wildman–Crippen LogP) is 4.19. The highest BCUT2D eigenvalue weighted by molar-refractivity contribution is 5.87. The van der Waals surface area contributed by atoms with Crippen LogP contribution in [-0.4, -0.2) is 5.78 Å². The number of Topliss-reactive ketones (excluding diaryl/α,β-unsaturated/α-hetero) is 1. The van der Waals surface area contributed by atoms with Crippen LogP contribution in [0.4, 0.5) is 0 Å². The summed E-state index contributed by atoms with van der Waals surface area (Å²) in [5.74, 6) is 2.32. The van der Waals surface area contributed by atoms with E-state index in [1.807, 2.05) is 0 Å². The van der Waals surface area contributed by atoms with Crippen LogP contribution in [0.5, 0.6) is 0 Å². The number of carbonyl (C=O) groups is 1. The number of carbonyl (C=O) groups excluding carboxylic acids is 1. The van der Waals surface area contributed by atoms with Crippen molar-refractivity contribution in [3.8, 4) is 0 Å². The molecule has 0 N–H and O–H groups in total. The van der Waals surface area contributed by atoms with Crippen molar-refractivity contribution in [2.45, 2.75) is 38.5 Å². The Labute approximate surface area is 114 Å². The number of benzene rings is 1.